The van der Waals surface area contributed by atoms with E-state index in [2.05, 4.69) is 46.9 Å². The summed E-state index contributed by atoms with van der Waals surface area (Å²) in [6.07, 6.45) is 6.50. The van der Waals surface area contributed by atoms with Crippen LogP contribution in [0.15, 0.2) is 36.8 Å². The van der Waals surface area contributed by atoms with Gasteiger partial charge in [0.25, 0.3) is 0 Å². The summed E-state index contributed by atoms with van der Waals surface area (Å²) >= 11 is 0. The second kappa shape index (κ2) is 6.08. The summed E-state index contributed by atoms with van der Waals surface area (Å²) in [6, 6.07) is 6.40. The fourth-order valence-corrected chi connectivity index (χ4v) is 3.53. The minimum Gasteiger partial charge on any atom is -0.368 e. The number of carbonyl (C=O) groups excluding carboxylic acids is 1. The fourth-order valence-electron chi connectivity index (χ4n) is 3.53. The SMILES string of the molecule is Cc1ccc(CN2CCC[C@]2(C(N)=O)c2cnccn2)c(C)c1. The van der Waals surface area contributed by atoms with Crippen LogP contribution in [0.4, 0.5) is 0 Å². The zero-order chi connectivity index (χ0) is 16.4. The monoisotopic (exact) mass is 310 g/mol. The van der Waals surface area contributed by atoms with E-state index in [1.165, 1.54) is 16.7 Å². The van der Waals surface area contributed by atoms with Crippen molar-refractivity contribution in [2.75, 3.05) is 6.54 Å². The molecule has 0 saturated carbocycles. The Bertz CT molecular complexity index is 716. The van der Waals surface area contributed by atoms with Crippen molar-refractivity contribution in [1.82, 2.24) is 14.9 Å². The second-order valence-electron chi connectivity index (χ2n) is 6.27. The Hall–Kier alpha value is -2.27. The number of hydrogen-bond donors (Lipinski definition) is 1. The van der Waals surface area contributed by atoms with Crippen molar-refractivity contribution >= 4 is 5.91 Å². The van der Waals surface area contributed by atoms with Crippen molar-refractivity contribution in [3.8, 4) is 0 Å². The number of likely N-dealkylation sites (tertiary alicyclic amines) is 1. The van der Waals surface area contributed by atoms with Crippen LogP contribution in [0.2, 0.25) is 0 Å². The van der Waals surface area contributed by atoms with E-state index < -0.39 is 5.54 Å². The number of aryl methyl sites for hydroxylation is 2. The zero-order valence-electron chi connectivity index (χ0n) is 13.6. The minimum absolute atomic E-state index is 0.347. The van der Waals surface area contributed by atoms with E-state index >= 15 is 0 Å². The van der Waals surface area contributed by atoms with Crippen molar-refractivity contribution in [1.29, 1.82) is 0 Å². The normalized spacial score (nSPS) is 21.5. The van der Waals surface area contributed by atoms with Crippen LogP contribution in [0.25, 0.3) is 0 Å². The first-order valence-corrected chi connectivity index (χ1v) is 7.91. The van der Waals surface area contributed by atoms with Gasteiger partial charge in [-0.3, -0.25) is 19.7 Å². The molecule has 0 unspecified atom stereocenters. The first-order valence-electron chi connectivity index (χ1n) is 7.91. The van der Waals surface area contributed by atoms with Gasteiger partial charge in [0.1, 0.15) is 5.54 Å². The molecular weight excluding hydrogens is 288 g/mol. The predicted molar refractivity (Wildman–Crippen MR) is 88.5 cm³/mol. The number of primary amides is 1. The van der Waals surface area contributed by atoms with E-state index in [-0.39, 0.29) is 5.91 Å². The Morgan fingerprint density at radius 3 is 2.83 bits per heavy atom. The number of amides is 1. The van der Waals surface area contributed by atoms with Crippen molar-refractivity contribution in [3.05, 3.63) is 59.2 Å². The van der Waals surface area contributed by atoms with Crippen molar-refractivity contribution in [3.63, 3.8) is 0 Å². The number of benzene rings is 1. The van der Waals surface area contributed by atoms with Gasteiger partial charge in [-0.05, 0) is 44.4 Å². The largest absolute Gasteiger partial charge is 0.368 e. The van der Waals surface area contributed by atoms with Crippen LogP contribution in [0.3, 0.4) is 0 Å². The topological polar surface area (TPSA) is 72.1 Å². The van der Waals surface area contributed by atoms with Gasteiger partial charge in [0, 0.05) is 18.9 Å². The molecule has 3 rings (SSSR count). The molecule has 1 aliphatic rings. The molecule has 1 atom stereocenters. The van der Waals surface area contributed by atoms with Gasteiger partial charge in [0.05, 0.1) is 11.9 Å². The summed E-state index contributed by atoms with van der Waals surface area (Å²) in [5.74, 6) is -0.347. The van der Waals surface area contributed by atoms with Crippen LogP contribution in [0.1, 0.15) is 35.2 Å². The highest BCUT2D eigenvalue weighted by Crippen LogP contribution is 2.38. The van der Waals surface area contributed by atoms with Gasteiger partial charge in [-0.2, -0.15) is 0 Å². The third kappa shape index (κ3) is 2.72. The predicted octanol–water partition coefficient (Wildman–Crippen LogP) is 2.07. The first kappa shape index (κ1) is 15.6. The van der Waals surface area contributed by atoms with Crippen molar-refractivity contribution in [2.45, 2.75) is 38.8 Å². The Morgan fingerprint density at radius 2 is 2.17 bits per heavy atom. The van der Waals surface area contributed by atoms with E-state index in [1.54, 1.807) is 18.6 Å². The average Bonchev–Trinajstić information content (AvgIpc) is 2.95. The van der Waals surface area contributed by atoms with Gasteiger partial charge in [-0.15, -0.1) is 0 Å². The van der Waals surface area contributed by atoms with E-state index in [4.69, 9.17) is 5.73 Å². The summed E-state index contributed by atoms with van der Waals surface area (Å²) in [6.45, 7) is 5.70. The van der Waals surface area contributed by atoms with E-state index in [0.717, 1.165) is 13.0 Å². The number of nitrogens with two attached hydrogens (primary N) is 1. The molecule has 1 aromatic heterocycles. The third-order valence-electron chi connectivity index (χ3n) is 4.76. The third-order valence-corrected chi connectivity index (χ3v) is 4.76. The number of aromatic nitrogens is 2. The number of nitrogens with zero attached hydrogens (tertiary/aromatic N) is 3. The van der Waals surface area contributed by atoms with E-state index in [0.29, 0.717) is 18.7 Å². The molecular formula is C18H22N4O. The molecule has 2 heterocycles. The summed E-state index contributed by atoms with van der Waals surface area (Å²) in [5.41, 5.74) is 9.30. The molecule has 5 heteroatoms. The van der Waals surface area contributed by atoms with E-state index in [9.17, 15) is 4.79 Å². The lowest BCUT2D eigenvalue weighted by atomic mass is 9.90. The molecule has 1 fully saturated rings. The van der Waals surface area contributed by atoms with Crippen molar-refractivity contribution < 1.29 is 4.79 Å². The highest BCUT2D eigenvalue weighted by Gasteiger charge is 2.49. The smallest absolute Gasteiger partial charge is 0.244 e. The molecule has 5 nitrogen and oxygen atoms in total. The molecule has 0 radical (unpaired) electrons. The van der Waals surface area contributed by atoms with Crippen molar-refractivity contribution in [2.24, 2.45) is 5.73 Å². The molecule has 2 N–H and O–H groups in total. The standard InChI is InChI=1S/C18H22N4O/c1-13-4-5-15(14(2)10-13)12-22-9-3-6-18(22,17(19)23)16-11-20-7-8-21-16/h4-5,7-8,10-11H,3,6,9,12H2,1-2H3,(H2,19,23)/t18-/m1/s1. The van der Waals surface area contributed by atoms with Crippen LogP contribution in [0.5, 0.6) is 0 Å². The quantitative estimate of drug-likeness (QED) is 0.938. The molecule has 120 valence electrons. The molecule has 0 spiro atoms. The lowest BCUT2D eigenvalue weighted by Gasteiger charge is -2.35. The molecule has 1 aliphatic heterocycles. The Labute approximate surface area is 136 Å². The van der Waals surface area contributed by atoms with Crippen LogP contribution < -0.4 is 5.73 Å². The lowest BCUT2D eigenvalue weighted by molar-refractivity contribution is -0.129. The molecule has 1 amide bonds. The maximum Gasteiger partial charge on any atom is 0.244 e. The van der Waals surface area contributed by atoms with Gasteiger partial charge >= 0.3 is 0 Å². The summed E-state index contributed by atoms with van der Waals surface area (Å²) in [7, 11) is 0. The van der Waals surface area contributed by atoms with Crippen LogP contribution in [-0.2, 0) is 16.9 Å². The van der Waals surface area contributed by atoms with Gasteiger partial charge in [-0.25, -0.2) is 0 Å². The molecule has 1 saturated heterocycles. The Kier molecular flexibility index (Phi) is 4.13. The molecule has 2 aromatic rings. The van der Waals surface area contributed by atoms with Crippen LogP contribution >= 0.6 is 0 Å². The summed E-state index contributed by atoms with van der Waals surface area (Å²) < 4.78 is 0. The summed E-state index contributed by atoms with van der Waals surface area (Å²) in [5, 5.41) is 0. The van der Waals surface area contributed by atoms with Crippen LogP contribution in [0, 0.1) is 13.8 Å². The lowest BCUT2D eigenvalue weighted by Crippen LogP contribution is -2.51. The molecule has 1 aromatic carbocycles. The second-order valence-corrected chi connectivity index (χ2v) is 6.27. The number of hydrogen-bond acceptors (Lipinski definition) is 4. The van der Waals surface area contributed by atoms with Gasteiger partial charge in [-0.1, -0.05) is 23.8 Å². The van der Waals surface area contributed by atoms with Crippen LogP contribution in [-0.4, -0.2) is 27.3 Å². The van der Waals surface area contributed by atoms with Gasteiger partial charge < -0.3 is 5.73 Å². The van der Waals surface area contributed by atoms with Gasteiger partial charge in [0.15, 0.2) is 0 Å². The summed E-state index contributed by atoms with van der Waals surface area (Å²) in [4.78, 5) is 23.0. The number of carbonyl (C=O) groups is 1. The molecule has 23 heavy (non-hydrogen) atoms. The Morgan fingerprint density at radius 1 is 1.35 bits per heavy atom. The van der Waals surface area contributed by atoms with E-state index in [1.807, 2.05) is 0 Å². The first-order chi connectivity index (χ1) is 11.0. The highest BCUT2D eigenvalue weighted by atomic mass is 16.1. The fraction of sp³-hybridized carbons (Fsp3) is 0.389. The number of rotatable bonds is 4. The maximum atomic E-state index is 12.4. The molecule has 0 bridgehead atoms. The molecule has 0 aliphatic carbocycles. The maximum absolute atomic E-state index is 12.4. The Balaban J connectivity index is 1.98. The zero-order valence-corrected chi connectivity index (χ0v) is 13.6. The minimum atomic E-state index is -0.856. The highest BCUT2D eigenvalue weighted by molar-refractivity contribution is 5.86. The van der Waals surface area contributed by atoms with Gasteiger partial charge in [0.2, 0.25) is 5.91 Å². The average molecular weight is 310 g/mol.